The maximum Gasteiger partial charge on any atom is 0.0682 e. The maximum absolute atomic E-state index is 9.01. The van der Waals surface area contributed by atoms with Crippen molar-refractivity contribution >= 4 is 11.8 Å². The van der Waals surface area contributed by atoms with E-state index in [0.717, 1.165) is 17.9 Å². The first kappa shape index (κ1) is 13.6. The number of hydrogen-bond acceptors (Lipinski definition) is 3. The van der Waals surface area contributed by atoms with Gasteiger partial charge in [-0.3, -0.25) is 0 Å². The molecule has 0 fully saturated rings. The van der Waals surface area contributed by atoms with Crippen molar-refractivity contribution in [2.45, 2.75) is 37.9 Å². The Morgan fingerprint density at radius 3 is 2.69 bits per heavy atom. The van der Waals surface area contributed by atoms with E-state index in [2.05, 4.69) is 26.8 Å². The van der Waals surface area contributed by atoms with Crippen LogP contribution in [0.1, 0.15) is 26.3 Å². The van der Waals surface area contributed by atoms with Gasteiger partial charge in [0, 0.05) is 10.6 Å². The van der Waals surface area contributed by atoms with Crippen LogP contribution in [0.3, 0.4) is 0 Å². The van der Waals surface area contributed by atoms with Crippen LogP contribution < -0.4 is 0 Å². The second-order valence-corrected chi connectivity index (χ2v) is 5.78. The van der Waals surface area contributed by atoms with E-state index in [1.165, 1.54) is 4.90 Å². The largest absolute Gasteiger partial charge is 0.392 e. The minimum absolute atomic E-state index is 0.0620. The molecule has 90 valence electrons. The van der Waals surface area contributed by atoms with Gasteiger partial charge in [0.05, 0.1) is 18.8 Å². The van der Waals surface area contributed by atoms with Gasteiger partial charge in [0.2, 0.25) is 0 Å². The third kappa shape index (κ3) is 5.54. The predicted molar refractivity (Wildman–Crippen MR) is 68.8 cm³/mol. The second-order valence-electron chi connectivity index (χ2n) is 4.61. The quantitative estimate of drug-likeness (QED) is 0.633. The number of hydrogen-bond donors (Lipinski definition) is 1. The van der Waals surface area contributed by atoms with Crippen molar-refractivity contribution in [2.24, 2.45) is 0 Å². The van der Waals surface area contributed by atoms with E-state index in [0.29, 0.717) is 0 Å². The zero-order chi connectivity index (χ0) is 12.0. The first-order valence-electron chi connectivity index (χ1n) is 5.48. The average Bonchev–Trinajstić information content (AvgIpc) is 2.23. The summed E-state index contributed by atoms with van der Waals surface area (Å²) in [5.41, 5.74) is 0.898. The van der Waals surface area contributed by atoms with Crippen LogP contribution in [0.4, 0.5) is 0 Å². The molecule has 0 atom stereocenters. The van der Waals surface area contributed by atoms with Crippen LogP contribution in [0, 0.1) is 0 Å². The van der Waals surface area contributed by atoms with Crippen LogP contribution in [0.25, 0.3) is 0 Å². The highest BCUT2D eigenvalue weighted by molar-refractivity contribution is 7.99. The van der Waals surface area contributed by atoms with Crippen LogP contribution in [-0.4, -0.2) is 23.1 Å². The third-order valence-electron chi connectivity index (χ3n) is 1.97. The summed E-state index contributed by atoms with van der Waals surface area (Å²) in [5, 5.41) is 9.01. The minimum Gasteiger partial charge on any atom is -0.392 e. The number of aliphatic hydroxyl groups excluding tert-OH is 1. The summed E-state index contributed by atoms with van der Waals surface area (Å²) in [5.74, 6) is 0.937. The Labute approximate surface area is 102 Å². The zero-order valence-electron chi connectivity index (χ0n) is 10.2. The van der Waals surface area contributed by atoms with E-state index in [-0.39, 0.29) is 12.2 Å². The van der Waals surface area contributed by atoms with Crippen molar-refractivity contribution in [1.29, 1.82) is 0 Å². The maximum atomic E-state index is 9.01. The Morgan fingerprint density at radius 2 is 2.06 bits per heavy atom. The number of aliphatic hydroxyl groups is 1. The van der Waals surface area contributed by atoms with E-state index in [1.54, 1.807) is 11.8 Å². The highest BCUT2D eigenvalue weighted by Gasteiger charge is 2.09. The fourth-order valence-corrected chi connectivity index (χ4v) is 2.05. The van der Waals surface area contributed by atoms with Crippen LogP contribution in [-0.2, 0) is 11.3 Å². The van der Waals surface area contributed by atoms with Gasteiger partial charge in [-0.2, -0.15) is 0 Å². The van der Waals surface area contributed by atoms with Gasteiger partial charge in [-0.1, -0.05) is 12.1 Å². The topological polar surface area (TPSA) is 29.5 Å². The molecule has 0 aliphatic rings. The van der Waals surface area contributed by atoms with Gasteiger partial charge in [-0.15, -0.1) is 11.8 Å². The van der Waals surface area contributed by atoms with Crippen molar-refractivity contribution in [3.63, 3.8) is 0 Å². The van der Waals surface area contributed by atoms with E-state index >= 15 is 0 Å². The van der Waals surface area contributed by atoms with Crippen molar-refractivity contribution in [2.75, 3.05) is 12.4 Å². The number of thioether (sulfide) groups is 1. The summed E-state index contributed by atoms with van der Waals surface area (Å²) in [6.45, 7) is 7.03. The molecule has 1 rings (SSSR count). The average molecular weight is 240 g/mol. The molecule has 3 heteroatoms. The molecular weight excluding hydrogens is 220 g/mol. The fourth-order valence-electron chi connectivity index (χ4n) is 1.24. The Hall–Kier alpha value is -0.510. The zero-order valence-corrected chi connectivity index (χ0v) is 11.0. The van der Waals surface area contributed by atoms with Crippen molar-refractivity contribution in [3.8, 4) is 0 Å². The minimum atomic E-state index is -0.0620. The lowest BCUT2D eigenvalue weighted by Gasteiger charge is -2.19. The number of benzene rings is 1. The molecule has 0 aliphatic carbocycles. The van der Waals surface area contributed by atoms with Crippen LogP contribution in [0.5, 0.6) is 0 Å². The van der Waals surface area contributed by atoms with E-state index in [4.69, 9.17) is 9.84 Å². The normalized spacial score (nSPS) is 11.8. The summed E-state index contributed by atoms with van der Waals surface area (Å²) in [7, 11) is 0. The van der Waals surface area contributed by atoms with Gasteiger partial charge >= 0.3 is 0 Å². The monoisotopic (exact) mass is 240 g/mol. The molecule has 0 bridgehead atoms. The molecule has 0 amide bonds. The molecular formula is C13H20O2S. The third-order valence-corrected chi connectivity index (χ3v) is 2.93. The van der Waals surface area contributed by atoms with E-state index in [1.807, 2.05) is 18.2 Å². The first-order valence-corrected chi connectivity index (χ1v) is 6.46. The van der Waals surface area contributed by atoms with E-state index in [9.17, 15) is 0 Å². The highest BCUT2D eigenvalue weighted by Crippen LogP contribution is 2.19. The summed E-state index contributed by atoms with van der Waals surface area (Å²) in [6.07, 6.45) is 0. The molecule has 0 spiro atoms. The van der Waals surface area contributed by atoms with Gasteiger partial charge in [-0.25, -0.2) is 0 Å². The van der Waals surface area contributed by atoms with Crippen LogP contribution in [0.2, 0.25) is 0 Å². The summed E-state index contributed by atoms with van der Waals surface area (Å²) >= 11 is 1.75. The molecule has 0 unspecified atom stereocenters. The Bertz CT molecular complexity index is 318. The first-order chi connectivity index (χ1) is 7.51. The molecule has 0 aliphatic heterocycles. The summed E-state index contributed by atoms with van der Waals surface area (Å²) < 4.78 is 5.64. The lowest BCUT2D eigenvalue weighted by atomic mass is 10.2. The van der Waals surface area contributed by atoms with Gasteiger partial charge in [-0.05, 0) is 38.5 Å². The predicted octanol–water partition coefficient (Wildman–Crippen LogP) is 3.09. The molecule has 16 heavy (non-hydrogen) atoms. The number of ether oxygens (including phenoxy) is 1. The van der Waals surface area contributed by atoms with Gasteiger partial charge < -0.3 is 9.84 Å². The SMILES string of the molecule is CC(C)(C)OCCSc1cccc(CO)c1. The fraction of sp³-hybridized carbons (Fsp3) is 0.538. The molecule has 1 aromatic rings. The molecule has 0 saturated carbocycles. The van der Waals surface area contributed by atoms with Crippen LogP contribution >= 0.6 is 11.8 Å². The standard InChI is InChI=1S/C13H20O2S/c1-13(2,3)15-7-8-16-12-6-4-5-11(9-12)10-14/h4-6,9,14H,7-8,10H2,1-3H3. The molecule has 2 nitrogen and oxygen atoms in total. The second kappa shape index (κ2) is 6.28. The molecule has 1 aromatic carbocycles. The molecule has 0 saturated heterocycles. The lowest BCUT2D eigenvalue weighted by molar-refractivity contribution is 0.00695. The number of rotatable bonds is 5. The highest BCUT2D eigenvalue weighted by atomic mass is 32.2. The molecule has 0 heterocycles. The summed E-state index contributed by atoms with van der Waals surface area (Å²) in [4.78, 5) is 1.18. The molecule has 1 N–H and O–H groups in total. The molecule has 0 radical (unpaired) electrons. The van der Waals surface area contributed by atoms with Gasteiger partial charge in [0.25, 0.3) is 0 Å². The molecule has 0 aromatic heterocycles. The smallest absolute Gasteiger partial charge is 0.0682 e. The van der Waals surface area contributed by atoms with Crippen molar-refractivity contribution < 1.29 is 9.84 Å². The lowest BCUT2D eigenvalue weighted by Crippen LogP contribution is -2.20. The Morgan fingerprint density at radius 1 is 1.31 bits per heavy atom. The Kier molecular flexibility index (Phi) is 5.32. The van der Waals surface area contributed by atoms with Crippen molar-refractivity contribution in [3.05, 3.63) is 29.8 Å². The summed E-state index contributed by atoms with van der Waals surface area (Å²) in [6, 6.07) is 7.97. The van der Waals surface area contributed by atoms with E-state index < -0.39 is 0 Å². The van der Waals surface area contributed by atoms with Crippen LogP contribution in [0.15, 0.2) is 29.2 Å². The Balaban J connectivity index is 2.32. The van der Waals surface area contributed by atoms with Gasteiger partial charge in [0.15, 0.2) is 0 Å². The van der Waals surface area contributed by atoms with Gasteiger partial charge in [0.1, 0.15) is 0 Å². The van der Waals surface area contributed by atoms with Crippen molar-refractivity contribution in [1.82, 2.24) is 0 Å².